The van der Waals surface area contributed by atoms with Crippen molar-refractivity contribution >= 4 is 17.6 Å². The zero-order valence-corrected chi connectivity index (χ0v) is 13.0. The molecule has 1 aliphatic carbocycles. The van der Waals surface area contributed by atoms with Gasteiger partial charge in [0.05, 0.1) is 18.9 Å². The molecule has 0 radical (unpaired) electrons. The van der Waals surface area contributed by atoms with E-state index in [4.69, 9.17) is 5.11 Å². The zero-order valence-electron chi connectivity index (χ0n) is 13.0. The van der Waals surface area contributed by atoms with E-state index in [0.29, 0.717) is 11.5 Å². The highest BCUT2D eigenvalue weighted by atomic mass is 16.4. The number of carboxylic acids is 1. The van der Waals surface area contributed by atoms with Crippen LogP contribution in [0.2, 0.25) is 0 Å². The van der Waals surface area contributed by atoms with Crippen molar-refractivity contribution in [3.63, 3.8) is 0 Å². The fourth-order valence-electron chi connectivity index (χ4n) is 2.91. The molecule has 2 atom stereocenters. The molecule has 1 saturated carbocycles. The molecule has 0 bridgehead atoms. The molecule has 2 N–H and O–H groups in total. The van der Waals surface area contributed by atoms with Crippen LogP contribution in [-0.2, 0) is 16.6 Å². The van der Waals surface area contributed by atoms with E-state index in [1.54, 1.807) is 45.2 Å². The number of hydrogen-bond donors (Lipinski definition) is 2. The third-order valence-electron chi connectivity index (χ3n) is 4.29. The van der Waals surface area contributed by atoms with Gasteiger partial charge in [0.1, 0.15) is 0 Å². The number of carbonyl (C=O) groups is 2. The quantitative estimate of drug-likeness (QED) is 0.876. The van der Waals surface area contributed by atoms with Crippen molar-refractivity contribution in [1.29, 1.82) is 0 Å². The molecule has 1 fully saturated rings. The summed E-state index contributed by atoms with van der Waals surface area (Å²) in [4.78, 5) is 24.8. The monoisotopic (exact) mass is 315 g/mol. The fraction of sp³-hybridized carbons (Fsp3) is 0.400. The number of carbonyl (C=O) groups excluding carboxylic acids is 1. The second-order valence-corrected chi connectivity index (χ2v) is 6.28. The molecule has 1 heterocycles. The third kappa shape index (κ3) is 2.67. The van der Waals surface area contributed by atoms with E-state index in [2.05, 4.69) is 20.7 Å². The van der Waals surface area contributed by atoms with Gasteiger partial charge in [0.25, 0.3) is 0 Å². The third-order valence-corrected chi connectivity index (χ3v) is 4.29. The molecule has 0 aliphatic heterocycles. The van der Waals surface area contributed by atoms with E-state index in [0.717, 1.165) is 5.56 Å². The molecule has 3 rings (SSSR count). The standard InChI is InChI=1S/C15H17N5O3/c1-15(2)10(11(15)14(22)23)13(21)16-9-6-4-8(5-7-9)12-17-19-20(3)18-12/h4-7,10-11H,1-3H3,(H,16,21)(H,22,23)/t10-,11+/m1/s1. The number of hydrogen-bond acceptors (Lipinski definition) is 5. The Morgan fingerprint density at radius 1 is 1.22 bits per heavy atom. The maximum absolute atomic E-state index is 12.3. The number of aromatic nitrogens is 4. The normalized spacial score (nSPS) is 21.7. The van der Waals surface area contributed by atoms with Crippen molar-refractivity contribution < 1.29 is 14.7 Å². The van der Waals surface area contributed by atoms with Crippen LogP contribution in [0.5, 0.6) is 0 Å². The lowest BCUT2D eigenvalue weighted by Crippen LogP contribution is -2.17. The average Bonchev–Trinajstić information content (AvgIpc) is 2.83. The molecular weight excluding hydrogens is 298 g/mol. The van der Waals surface area contributed by atoms with Gasteiger partial charge in [-0.1, -0.05) is 13.8 Å². The Kier molecular flexibility index (Phi) is 3.39. The zero-order chi connectivity index (χ0) is 16.8. The lowest BCUT2D eigenvalue weighted by molar-refractivity contribution is -0.140. The van der Waals surface area contributed by atoms with Crippen LogP contribution in [0.25, 0.3) is 11.4 Å². The van der Waals surface area contributed by atoms with Crippen LogP contribution in [0.15, 0.2) is 24.3 Å². The summed E-state index contributed by atoms with van der Waals surface area (Å²) in [6, 6.07) is 7.02. The summed E-state index contributed by atoms with van der Waals surface area (Å²) in [5.41, 5.74) is 0.875. The van der Waals surface area contributed by atoms with Crippen LogP contribution in [0.3, 0.4) is 0 Å². The van der Waals surface area contributed by atoms with Gasteiger partial charge in [0.2, 0.25) is 11.7 Å². The topological polar surface area (TPSA) is 110 Å². The van der Waals surface area contributed by atoms with E-state index in [1.165, 1.54) is 4.80 Å². The lowest BCUT2D eigenvalue weighted by Gasteiger charge is -2.06. The van der Waals surface area contributed by atoms with E-state index in [1.807, 2.05) is 0 Å². The largest absolute Gasteiger partial charge is 0.481 e. The van der Waals surface area contributed by atoms with Gasteiger partial charge in [0, 0.05) is 11.3 Å². The Hall–Kier alpha value is -2.77. The minimum Gasteiger partial charge on any atom is -0.481 e. The second kappa shape index (κ2) is 5.15. The average molecular weight is 315 g/mol. The molecule has 1 aliphatic rings. The molecule has 0 saturated heterocycles. The summed E-state index contributed by atoms with van der Waals surface area (Å²) in [7, 11) is 1.68. The van der Waals surface area contributed by atoms with Crippen molar-refractivity contribution in [2.24, 2.45) is 24.3 Å². The van der Waals surface area contributed by atoms with Gasteiger partial charge in [-0.3, -0.25) is 9.59 Å². The summed E-state index contributed by atoms with van der Waals surface area (Å²) < 4.78 is 0. The molecule has 120 valence electrons. The number of carboxylic acid groups (broad SMARTS) is 1. The number of nitrogens with zero attached hydrogens (tertiary/aromatic N) is 4. The number of benzene rings is 1. The van der Waals surface area contributed by atoms with Gasteiger partial charge < -0.3 is 10.4 Å². The maximum Gasteiger partial charge on any atom is 0.307 e. The second-order valence-electron chi connectivity index (χ2n) is 6.28. The first kappa shape index (κ1) is 15.1. The first-order valence-corrected chi connectivity index (χ1v) is 7.19. The number of aryl methyl sites for hydroxylation is 1. The molecule has 1 aromatic heterocycles. The molecule has 0 spiro atoms. The summed E-state index contributed by atoms with van der Waals surface area (Å²) in [6.45, 7) is 3.58. The Labute approximate surface area is 132 Å². The predicted octanol–water partition coefficient (Wildman–Crippen LogP) is 1.17. The van der Waals surface area contributed by atoms with Crippen LogP contribution >= 0.6 is 0 Å². The van der Waals surface area contributed by atoms with Crippen LogP contribution in [0, 0.1) is 17.3 Å². The predicted molar refractivity (Wildman–Crippen MR) is 81.3 cm³/mol. The molecule has 0 unspecified atom stereocenters. The van der Waals surface area contributed by atoms with Crippen molar-refractivity contribution in [3.8, 4) is 11.4 Å². The highest BCUT2D eigenvalue weighted by Gasteiger charge is 2.65. The van der Waals surface area contributed by atoms with E-state index in [-0.39, 0.29) is 5.91 Å². The molecular formula is C15H17N5O3. The molecule has 1 amide bonds. The Morgan fingerprint density at radius 2 is 1.87 bits per heavy atom. The number of tetrazole rings is 1. The van der Waals surface area contributed by atoms with Gasteiger partial charge in [0.15, 0.2) is 0 Å². The minimum absolute atomic E-state index is 0.271. The van der Waals surface area contributed by atoms with Gasteiger partial charge >= 0.3 is 5.97 Å². The number of aliphatic carboxylic acids is 1. The Morgan fingerprint density at radius 3 is 2.35 bits per heavy atom. The number of anilines is 1. The van der Waals surface area contributed by atoms with Crippen LogP contribution in [0.1, 0.15) is 13.8 Å². The molecule has 1 aromatic carbocycles. The van der Waals surface area contributed by atoms with Crippen LogP contribution < -0.4 is 5.32 Å². The van der Waals surface area contributed by atoms with Crippen molar-refractivity contribution in [2.45, 2.75) is 13.8 Å². The highest BCUT2D eigenvalue weighted by Crippen LogP contribution is 2.58. The van der Waals surface area contributed by atoms with Gasteiger partial charge in [-0.25, -0.2) is 0 Å². The molecule has 23 heavy (non-hydrogen) atoms. The van der Waals surface area contributed by atoms with Crippen molar-refractivity contribution in [2.75, 3.05) is 5.32 Å². The molecule has 8 heteroatoms. The van der Waals surface area contributed by atoms with Crippen molar-refractivity contribution in [1.82, 2.24) is 20.2 Å². The van der Waals surface area contributed by atoms with Gasteiger partial charge in [-0.05, 0) is 34.9 Å². The van der Waals surface area contributed by atoms with Crippen molar-refractivity contribution in [3.05, 3.63) is 24.3 Å². The number of amides is 1. The first-order valence-electron chi connectivity index (χ1n) is 7.19. The summed E-state index contributed by atoms with van der Waals surface area (Å²) in [5, 5.41) is 23.7. The maximum atomic E-state index is 12.3. The van der Waals surface area contributed by atoms with E-state index in [9.17, 15) is 9.59 Å². The molecule has 8 nitrogen and oxygen atoms in total. The highest BCUT2D eigenvalue weighted by molar-refractivity contribution is 5.99. The summed E-state index contributed by atoms with van der Waals surface area (Å²) >= 11 is 0. The summed E-state index contributed by atoms with van der Waals surface area (Å²) in [5.74, 6) is -1.85. The lowest BCUT2D eigenvalue weighted by atomic mass is 10.1. The van der Waals surface area contributed by atoms with Crippen LogP contribution in [0.4, 0.5) is 5.69 Å². The minimum atomic E-state index is -0.931. The smallest absolute Gasteiger partial charge is 0.307 e. The fourth-order valence-corrected chi connectivity index (χ4v) is 2.91. The van der Waals surface area contributed by atoms with E-state index >= 15 is 0 Å². The Balaban J connectivity index is 1.69. The Bertz CT molecular complexity index is 766. The van der Waals surface area contributed by atoms with Gasteiger partial charge in [-0.15, -0.1) is 10.2 Å². The number of rotatable bonds is 4. The van der Waals surface area contributed by atoms with Crippen LogP contribution in [-0.4, -0.2) is 37.2 Å². The summed E-state index contributed by atoms with van der Waals surface area (Å²) in [6.07, 6.45) is 0. The van der Waals surface area contributed by atoms with Gasteiger partial charge in [-0.2, -0.15) is 4.80 Å². The molecule has 2 aromatic rings. The van der Waals surface area contributed by atoms with E-state index < -0.39 is 23.2 Å². The first-order chi connectivity index (χ1) is 10.8. The number of nitrogens with one attached hydrogen (secondary N) is 1. The SMILES string of the molecule is Cn1nnc(-c2ccc(NC(=O)[C@H]3[C@@H](C(=O)O)C3(C)C)cc2)n1.